The molecule has 1 aliphatic rings. The Kier molecular flexibility index (Phi) is 5.75. The maximum Gasteiger partial charge on any atom is 0.338 e. The first-order chi connectivity index (χ1) is 13.0. The summed E-state index contributed by atoms with van der Waals surface area (Å²) >= 11 is 0. The number of nitrogens with one attached hydrogen (secondary N) is 2. The summed E-state index contributed by atoms with van der Waals surface area (Å²) in [6.45, 7) is 0.360. The van der Waals surface area contributed by atoms with Crippen LogP contribution in [-0.4, -0.2) is 42.1 Å². The summed E-state index contributed by atoms with van der Waals surface area (Å²) in [6.07, 6.45) is 3.69. The monoisotopic (exact) mass is 372 g/mol. The number of benzene rings is 1. The van der Waals surface area contributed by atoms with Gasteiger partial charge in [0.05, 0.1) is 5.56 Å². The van der Waals surface area contributed by atoms with Crippen molar-refractivity contribution in [2.24, 2.45) is 0 Å². The molecule has 1 aromatic heterocycles. The minimum absolute atomic E-state index is 0.00657. The molecule has 1 heterocycles. The van der Waals surface area contributed by atoms with Crippen LogP contribution in [0.2, 0.25) is 0 Å². The second-order valence-corrected chi connectivity index (χ2v) is 6.29. The van der Waals surface area contributed by atoms with Crippen molar-refractivity contribution < 1.29 is 28.6 Å². The number of carbonyl (C=O) groups excluding carboxylic acids is 2. The number of ether oxygens (including phenoxy) is 1. The number of aromatic carboxylic acids is 1. The average molecular weight is 372 g/mol. The Labute approximate surface area is 155 Å². The Morgan fingerprint density at radius 2 is 1.93 bits per heavy atom. The van der Waals surface area contributed by atoms with E-state index in [0.717, 1.165) is 24.7 Å². The van der Waals surface area contributed by atoms with E-state index in [-0.39, 0.29) is 23.8 Å². The van der Waals surface area contributed by atoms with Crippen molar-refractivity contribution >= 4 is 17.8 Å². The summed E-state index contributed by atoms with van der Waals surface area (Å²) in [6, 6.07) is 8.75. The second kappa shape index (κ2) is 8.39. The van der Waals surface area contributed by atoms with Crippen molar-refractivity contribution in [2.45, 2.75) is 25.3 Å². The fraction of sp³-hybridized carbons (Fsp3) is 0.316. The van der Waals surface area contributed by atoms with Crippen LogP contribution < -0.4 is 15.4 Å². The normalized spacial score (nSPS) is 13.0. The Morgan fingerprint density at radius 1 is 1.19 bits per heavy atom. The molecule has 0 radical (unpaired) electrons. The third-order valence-corrected chi connectivity index (χ3v) is 4.01. The predicted octanol–water partition coefficient (Wildman–Crippen LogP) is 1.61. The molecule has 1 aliphatic carbocycles. The molecule has 0 spiro atoms. The molecule has 2 aromatic rings. The minimum Gasteiger partial charge on any atom is -0.484 e. The average Bonchev–Trinajstić information content (AvgIpc) is 3.31. The number of hydrogen-bond donors (Lipinski definition) is 3. The second-order valence-electron chi connectivity index (χ2n) is 6.29. The summed E-state index contributed by atoms with van der Waals surface area (Å²) < 4.78 is 10.4. The van der Waals surface area contributed by atoms with E-state index in [0.29, 0.717) is 24.8 Å². The minimum atomic E-state index is -1.15. The molecule has 0 bridgehead atoms. The molecular weight excluding hydrogens is 352 g/mol. The van der Waals surface area contributed by atoms with Gasteiger partial charge in [0.25, 0.3) is 11.8 Å². The first-order valence-electron chi connectivity index (χ1n) is 8.62. The molecule has 8 nitrogen and oxygen atoms in total. The summed E-state index contributed by atoms with van der Waals surface area (Å²) in [5.74, 6) is -1.17. The van der Waals surface area contributed by atoms with Gasteiger partial charge in [-0.25, -0.2) is 4.79 Å². The highest BCUT2D eigenvalue weighted by molar-refractivity contribution is 5.95. The van der Waals surface area contributed by atoms with Crippen LogP contribution in [-0.2, 0) is 11.2 Å². The van der Waals surface area contributed by atoms with Gasteiger partial charge in [-0.3, -0.25) is 9.59 Å². The molecule has 1 aromatic carbocycles. The first-order valence-corrected chi connectivity index (χ1v) is 8.62. The quantitative estimate of drug-likeness (QED) is 0.615. The standard InChI is InChI=1S/C19H20N2O6/c22-17(21-14-3-4-14)11-26-15-5-1-12(2-6-15)7-8-20-18(23)16-9-13(10-27-16)19(24)25/h1-2,5-6,9-10,14H,3-4,7-8,11H2,(H,20,23)(H,21,22)(H,24,25). The van der Waals surface area contributed by atoms with Crippen molar-refractivity contribution in [1.29, 1.82) is 0 Å². The van der Waals surface area contributed by atoms with Gasteiger partial charge in [0.2, 0.25) is 0 Å². The number of carbonyl (C=O) groups is 3. The summed E-state index contributed by atoms with van der Waals surface area (Å²) in [5.41, 5.74) is 0.914. The van der Waals surface area contributed by atoms with Crippen LogP contribution in [0.3, 0.4) is 0 Å². The number of carboxylic acids is 1. The van der Waals surface area contributed by atoms with Crippen LogP contribution in [0.5, 0.6) is 5.75 Å². The van der Waals surface area contributed by atoms with Crippen molar-refractivity contribution in [3.05, 3.63) is 53.5 Å². The van der Waals surface area contributed by atoms with Gasteiger partial charge < -0.3 is 24.9 Å². The van der Waals surface area contributed by atoms with E-state index >= 15 is 0 Å². The highest BCUT2D eigenvalue weighted by Gasteiger charge is 2.23. The van der Waals surface area contributed by atoms with Crippen LogP contribution in [0.15, 0.2) is 41.0 Å². The summed E-state index contributed by atoms with van der Waals surface area (Å²) in [7, 11) is 0. The van der Waals surface area contributed by atoms with Gasteiger partial charge in [0.15, 0.2) is 12.4 Å². The molecule has 0 unspecified atom stereocenters. The Hall–Kier alpha value is -3.29. The van der Waals surface area contributed by atoms with Crippen molar-refractivity contribution in [2.75, 3.05) is 13.2 Å². The third-order valence-electron chi connectivity index (χ3n) is 4.01. The smallest absolute Gasteiger partial charge is 0.338 e. The zero-order chi connectivity index (χ0) is 19.2. The van der Waals surface area contributed by atoms with E-state index in [9.17, 15) is 14.4 Å². The summed E-state index contributed by atoms with van der Waals surface area (Å²) in [5, 5.41) is 14.3. The lowest BCUT2D eigenvalue weighted by atomic mass is 10.1. The van der Waals surface area contributed by atoms with Crippen LogP contribution >= 0.6 is 0 Å². The van der Waals surface area contributed by atoms with Crippen LogP contribution in [0.25, 0.3) is 0 Å². The van der Waals surface area contributed by atoms with E-state index in [1.807, 2.05) is 12.1 Å². The van der Waals surface area contributed by atoms with E-state index in [1.54, 1.807) is 12.1 Å². The largest absolute Gasteiger partial charge is 0.484 e. The highest BCUT2D eigenvalue weighted by Crippen LogP contribution is 2.18. The van der Waals surface area contributed by atoms with Gasteiger partial charge in [-0.2, -0.15) is 0 Å². The van der Waals surface area contributed by atoms with Crippen molar-refractivity contribution in [3.8, 4) is 5.75 Å². The van der Waals surface area contributed by atoms with E-state index in [4.69, 9.17) is 14.3 Å². The molecule has 1 saturated carbocycles. The van der Waals surface area contributed by atoms with E-state index in [1.165, 1.54) is 6.07 Å². The zero-order valence-corrected chi connectivity index (χ0v) is 14.6. The number of carboxylic acid groups (broad SMARTS) is 1. The van der Waals surface area contributed by atoms with E-state index in [2.05, 4.69) is 10.6 Å². The fourth-order valence-electron chi connectivity index (χ4n) is 2.37. The molecule has 0 atom stereocenters. The van der Waals surface area contributed by atoms with Gasteiger partial charge in [-0.1, -0.05) is 12.1 Å². The van der Waals surface area contributed by atoms with Gasteiger partial charge in [0.1, 0.15) is 12.0 Å². The number of amides is 2. The Morgan fingerprint density at radius 3 is 2.56 bits per heavy atom. The summed E-state index contributed by atoms with van der Waals surface area (Å²) in [4.78, 5) is 34.3. The zero-order valence-electron chi connectivity index (χ0n) is 14.6. The predicted molar refractivity (Wildman–Crippen MR) is 94.8 cm³/mol. The topological polar surface area (TPSA) is 118 Å². The molecule has 1 fully saturated rings. The fourth-order valence-corrected chi connectivity index (χ4v) is 2.37. The van der Waals surface area contributed by atoms with Crippen LogP contribution in [0.1, 0.15) is 39.3 Å². The maximum absolute atomic E-state index is 11.9. The van der Waals surface area contributed by atoms with Crippen molar-refractivity contribution in [3.63, 3.8) is 0 Å². The molecule has 2 amide bonds. The SMILES string of the molecule is O=C(COc1ccc(CCNC(=O)c2cc(C(=O)O)co2)cc1)NC1CC1. The molecule has 0 aliphatic heterocycles. The molecule has 3 N–H and O–H groups in total. The van der Waals surface area contributed by atoms with E-state index < -0.39 is 11.9 Å². The molecule has 27 heavy (non-hydrogen) atoms. The van der Waals surface area contributed by atoms with Gasteiger partial charge in [0, 0.05) is 18.7 Å². The lowest BCUT2D eigenvalue weighted by molar-refractivity contribution is -0.123. The maximum atomic E-state index is 11.9. The lowest BCUT2D eigenvalue weighted by Gasteiger charge is -2.08. The third kappa shape index (κ3) is 5.60. The molecular formula is C19H20N2O6. The molecule has 0 saturated heterocycles. The van der Waals surface area contributed by atoms with Gasteiger partial charge >= 0.3 is 5.97 Å². The molecule has 8 heteroatoms. The van der Waals surface area contributed by atoms with Crippen LogP contribution in [0, 0.1) is 0 Å². The highest BCUT2D eigenvalue weighted by atomic mass is 16.5. The number of rotatable bonds is 9. The lowest BCUT2D eigenvalue weighted by Crippen LogP contribution is -2.30. The Balaban J connectivity index is 1.39. The molecule has 142 valence electrons. The van der Waals surface area contributed by atoms with Crippen molar-refractivity contribution in [1.82, 2.24) is 10.6 Å². The Bertz CT molecular complexity index is 823. The van der Waals surface area contributed by atoms with Gasteiger partial charge in [-0.05, 0) is 37.0 Å². The van der Waals surface area contributed by atoms with Crippen LogP contribution in [0.4, 0.5) is 0 Å². The van der Waals surface area contributed by atoms with Gasteiger partial charge in [-0.15, -0.1) is 0 Å². The number of hydrogen-bond acceptors (Lipinski definition) is 5. The molecule has 3 rings (SSSR count). The first kappa shape index (κ1) is 18.5. The number of furan rings is 1.